The first-order chi connectivity index (χ1) is 6.22. The average molecular weight is 197 g/mol. The highest BCUT2D eigenvalue weighted by atomic mass is 32.1. The molecule has 1 N–H and O–H groups in total. The molecule has 0 spiro atoms. The Kier molecular flexibility index (Phi) is 6.51. The van der Waals surface area contributed by atoms with Crippen LogP contribution in [-0.4, -0.2) is 6.21 Å². The van der Waals surface area contributed by atoms with Crippen LogP contribution in [0.25, 0.3) is 0 Å². The second-order valence-electron chi connectivity index (χ2n) is 3.05. The summed E-state index contributed by atoms with van der Waals surface area (Å²) >= 11 is 1.72. The Hall–Kier alpha value is -0.630. The number of hydrogen-bond acceptors (Lipinski definition) is 2. The molecule has 2 heteroatoms. The van der Waals surface area contributed by atoms with Gasteiger partial charge in [0.05, 0.1) is 0 Å². The van der Waals surface area contributed by atoms with E-state index in [1.807, 2.05) is 19.9 Å². The normalized spacial score (nSPS) is 9.31. The number of hydrogen-bond donors (Lipinski definition) is 1. The zero-order valence-electron chi connectivity index (χ0n) is 8.92. The van der Waals surface area contributed by atoms with Gasteiger partial charge in [0.25, 0.3) is 0 Å². The number of rotatable bonds is 3. The molecule has 1 rings (SSSR count). The lowest BCUT2D eigenvalue weighted by Gasteiger charge is -1.98. The fourth-order valence-electron chi connectivity index (χ4n) is 0.984. The second kappa shape index (κ2) is 6.84. The lowest BCUT2D eigenvalue weighted by atomic mass is 10.1. The summed E-state index contributed by atoms with van der Waals surface area (Å²) in [5, 5.41) is 7.02. The van der Waals surface area contributed by atoms with Gasteiger partial charge in [-0.2, -0.15) is 0 Å². The highest BCUT2D eigenvalue weighted by Crippen LogP contribution is 2.17. The summed E-state index contributed by atoms with van der Waals surface area (Å²) in [6.45, 7) is 8.42. The van der Waals surface area contributed by atoms with Crippen LogP contribution < -0.4 is 0 Å². The maximum atomic E-state index is 7.02. The molecule has 0 saturated heterocycles. The van der Waals surface area contributed by atoms with E-state index >= 15 is 0 Å². The van der Waals surface area contributed by atoms with Crippen molar-refractivity contribution in [3.63, 3.8) is 0 Å². The summed E-state index contributed by atoms with van der Waals surface area (Å²) in [4.78, 5) is 2.44. The zero-order valence-corrected chi connectivity index (χ0v) is 9.74. The third kappa shape index (κ3) is 4.83. The topological polar surface area (TPSA) is 23.9 Å². The SMILES string of the molecule is CC.CC(C)Cc1ccc(C=N)s1. The number of nitrogens with one attached hydrogen (secondary N) is 1. The molecule has 1 aromatic rings. The predicted molar refractivity (Wildman–Crippen MR) is 62.1 cm³/mol. The number of thiophene rings is 1. The van der Waals surface area contributed by atoms with Crippen molar-refractivity contribution in [2.45, 2.75) is 34.1 Å². The standard InChI is InChI=1S/C9H13NS.C2H6/c1-7(2)5-8-3-4-9(6-10)11-8;1-2/h3-4,6-7,10H,5H2,1-2H3;1-2H3. The fourth-order valence-corrected chi connectivity index (χ4v) is 2.03. The van der Waals surface area contributed by atoms with Gasteiger partial charge in [0.15, 0.2) is 0 Å². The van der Waals surface area contributed by atoms with Crippen LogP contribution in [-0.2, 0) is 6.42 Å². The van der Waals surface area contributed by atoms with Gasteiger partial charge in [-0.1, -0.05) is 27.7 Å². The van der Waals surface area contributed by atoms with Gasteiger partial charge in [-0.25, -0.2) is 0 Å². The zero-order chi connectivity index (χ0) is 10.3. The van der Waals surface area contributed by atoms with Crippen LogP contribution in [0.4, 0.5) is 0 Å². The Morgan fingerprint density at radius 2 is 2.00 bits per heavy atom. The van der Waals surface area contributed by atoms with Gasteiger partial charge in [0.2, 0.25) is 0 Å². The fraction of sp³-hybridized carbons (Fsp3) is 0.545. The average Bonchev–Trinajstić information content (AvgIpc) is 2.55. The van der Waals surface area contributed by atoms with Crippen LogP contribution in [0.3, 0.4) is 0 Å². The maximum absolute atomic E-state index is 7.02. The van der Waals surface area contributed by atoms with Gasteiger partial charge in [-0.3, -0.25) is 0 Å². The smallest absolute Gasteiger partial charge is 0.0448 e. The van der Waals surface area contributed by atoms with Crippen molar-refractivity contribution < 1.29 is 0 Å². The molecule has 1 aromatic heterocycles. The van der Waals surface area contributed by atoms with Gasteiger partial charge in [0.1, 0.15) is 0 Å². The van der Waals surface area contributed by atoms with Gasteiger partial charge in [-0.15, -0.1) is 11.3 Å². The Morgan fingerprint density at radius 1 is 1.38 bits per heavy atom. The van der Waals surface area contributed by atoms with E-state index in [2.05, 4.69) is 19.9 Å². The molecule has 13 heavy (non-hydrogen) atoms. The van der Waals surface area contributed by atoms with E-state index in [1.54, 1.807) is 11.3 Å². The monoisotopic (exact) mass is 197 g/mol. The van der Waals surface area contributed by atoms with Crippen molar-refractivity contribution in [3.8, 4) is 0 Å². The first kappa shape index (κ1) is 12.4. The van der Waals surface area contributed by atoms with Crippen LogP contribution in [0.2, 0.25) is 0 Å². The van der Waals surface area contributed by atoms with Crippen molar-refractivity contribution in [2.75, 3.05) is 0 Å². The molecule has 0 aromatic carbocycles. The van der Waals surface area contributed by atoms with Crippen molar-refractivity contribution >= 4 is 17.6 Å². The Morgan fingerprint density at radius 3 is 2.38 bits per heavy atom. The largest absolute Gasteiger partial charge is 0.307 e. The van der Waals surface area contributed by atoms with E-state index in [-0.39, 0.29) is 0 Å². The maximum Gasteiger partial charge on any atom is 0.0448 e. The first-order valence-electron chi connectivity index (χ1n) is 4.81. The lowest BCUT2D eigenvalue weighted by Crippen LogP contribution is -1.89. The van der Waals surface area contributed by atoms with Crippen LogP contribution in [0.5, 0.6) is 0 Å². The van der Waals surface area contributed by atoms with Crippen molar-refractivity contribution in [3.05, 3.63) is 21.9 Å². The summed E-state index contributed by atoms with van der Waals surface area (Å²) in [6, 6.07) is 4.13. The minimum atomic E-state index is 0.715. The van der Waals surface area contributed by atoms with Gasteiger partial charge in [-0.05, 0) is 24.5 Å². The molecule has 1 heterocycles. The third-order valence-corrected chi connectivity index (χ3v) is 2.49. The highest BCUT2D eigenvalue weighted by molar-refractivity contribution is 7.13. The predicted octanol–water partition coefficient (Wildman–Crippen LogP) is 3.97. The molecule has 74 valence electrons. The molecule has 0 fully saturated rings. The third-order valence-electron chi connectivity index (χ3n) is 1.43. The van der Waals surface area contributed by atoms with Crippen molar-refractivity contribution in [1.82, 2.24) is 0 Å². The minimum absolute atomic E-state index is 0.715. The summed E-state index contributed by atoms with van der Waals surface area (Å²) in [6.07, 6.45) is 2.55. The van der Waals surface area contributed by atoms with Crippen LogP contribution in [0.15, 0.2) is 12.1 Å². The molecule has 0 amide bonds. The lowest BCUT2D eigenvalue weighted by molar-refractivity contribution is 0.654. The van der Waals surface area contributed by atoms with Crippen LogP contribution in [0, 0.1) is 11.3 Å². The summed E-state index contributed by atoms with van der Waals surface area (Å²) in [5.74, 6) is 0.715. The summed E-state index contributed by atoms with van der Waals surface area (Å²) in [7, 11) is 0. The van der Waals surface area contributed by atoms with Crippen molar-refractivity contribution in [2.24, 2.45) is 5.92 Å². The first-order valence-corrected chi connectivity index (χ1v) is 5.63. The minimum Gasteiger partial charge on any atom is -0.307 e. The van der Waals surface area contributed by atoms with Crippen LogP contribution >= 0.6 is 11.3 Å². The Bertz CT molecular complexity index is 238. The molecule has 0 aliphatic rings. The Labute approximate surface area is 85.3 Å². The quantitative estimate of drug-likeness (QED) is 0.709. The molecule has 0 radical (unpaired) electrons. The van der Waals surface area contributed by atoms with Gasteiger partial charge >= 0.3 is 0 Å². The molecule has 0 aliphatic heterocycles. The molecular formula is C11H19NS. The van der Waals surface area contributed by atoms with Gasteiger partial charge < -0.3 is 5.41 Å². The molecular weight excluding hydrogens is 178 g/mol. The summed E-state index contributed by atoms with van der Waals surface area (Å²) < 4.78 is 0. The summed E-state index contributed by atoms with van der Waals surface area (Å²) in [5.41, 5.74) is 0. The second-order valence-corrected chi connectivity index (χ2v) is 4.25. The van der Waals surface area contributed by atoms with Crippen molar-refractivity contribution in [1.29, 1.82) is 5.41 Å². The van der Waals surface area contributed by atoms with E-state index in [4.69, 9.17) is 5.41 Å². The van der Waals surface area contributed by atoms with E-state index in [1.165, 1.54) is 11.1 Å². The van der Waals surface area contributed by atoms with E-state index in [0.717, 1.165) is 11.3 Å². The Balaban J connectivity index is 0.000000671. The molecule has 0 unspecified atom stereocenters. The van der Waals surface area contributed by atoms with Crippen LogP contribution in [0.1, 0.15) is 37.4 Å². The molecule has 0 bridgehead atoms. The molecule has 0 saturated carbocycles. The van der Waals surface area contributed by atoms with E-state index in [9.17, 15) is 0 Å². The van der Waals surface area contributed by atoms with Gasteiger partial charge in [0, 0.05) is 16.0 Å². The van der Waals surface area contributed by atoms with E-state index < -0.39 is 0 Å². The molecule has 0 atom stereocenters. The molecule has 0 aliphatic carbocycles. The highest BCUT2D eigenvalue weighted by Gasteiger charge is 1.99. The van der Waals surface area contributed by atoms with E-state index in [0.29, 0.717) is 5.92 Å². The molecule has 1 nitrogen and oxygen atoms in total.